The van der Waals surface area contributed by atoms with E-state index in [2.05, 4.69) is 18.2 Å². The zero-order chi connectivity index (χ0) is 4.28. The lowest BCUT2D eigenvalue weighted by atomic mass is 10.7. The highest BCUT2D eigenvalue weighted by molar-refractivity contribution is 6.26. The first-order valence-corrected chi connectivity index (χ1v) is 1.45. The molecule has 0 nitrogen and oxygen atoms in total. The summed E-state index contributed by atoms with van der Waals surface area (Å²) in [4.78, 5) is 0. The van der Waals surface area contributed by atoms with E-state index in [9.17, 15) is 4.39 Å². The van der Waals surface area contributed by atoms with Crippen molar-refractivity contribution >= 4 is 11.6 Å². The van der Waals surface area contributed by atoms with Gasteiger partial charge in [-0.3, -0.25) is 0 Å². The van der Waals surface area contributed by atoms with Crippen LogP contribution in [-0.4, -0.2) is 0 Å². The maximum Gasteiger partial charge on any atom is 0.253 e. The van der Waals surface area contributed by atoms with Crippen LogP contribution in [-0.2, 0) is 0 Å². The maximum absolute atomic E-state index is 11.0. The molecule has 0 atom stereocenters. The third kappa shape index (κ3) is 3.96. The maximum atomic E-state index is 11.0. The van der Waals surface area contributed by atoms with E-state index in [0.29, 0.717) is 0 Å². The van der Waals surface area contributed by atoms with Gasteiger partial charge in [-0.05, 0) is 6.08 Å². The molecule has 0 rings (SSSR count). The molecule has 0 amide bonds. The average Bonchev–Trinajstić information content (AvgIpc) is 1.38. The van der Waals surface area contributed by atoms with Gasteiger partial charge in [-0.25, -0.2) is 4.39 Å². The Morgan fingerprint density at radius 2 is 2.20 bits per heavy atom. The Hall–Kier alpha value is -0.0400. The molecular formula is C3H3ClF. The van der Waals surface area contributed by atoms with Gasteiger partial charge >= 0.3 is 0 Å². The second-order valence-electron chi connectivity index (χ2n) is 0.494. The molecule has 2 heteroatoms. The van der Waals surface area contributed by atoms with Gasteiger partial charge in [-0.1, -0.05) is 18.2 Å². The van der Waals surface area contributed by atoms with E-state index < -0.39 is 5.63 Å². The number of hydrogen-bond acceptors (Lipinski definition) is 0. The van der Waals surface area contributed by atoms with Crippen molar-refractivity contribution in [3.8, 4) is 0 Å². The summed E-state index contributed by atoms with van der Waals surface area (Å²) in [5.41, 5.74) is -0.759. The molecule has 1 radical (unpaired) electrons. The van der Waals surface area contributed by atoms with Crippen LogP contribution in [0.4, 0.5) is 4.39 Å². The van der Waals surface area contributed by atoms with Crippen LogP contribution < -0.4 is 0 Å². The van der Waals surface area contributed by atoms with Crippen molar-refractivity contribution in [3.05, 3.63) is 18.3 Å². The standard InChI is InChI=1S/C3H3ClF/c1-2-3(4)5/h2H,1H2. The van der Waals surface area contributed by atoms with Crippen molar-refractivity contribution < 1.29 is 4.39 Å². The Morgan fingerprint density at radius 3 is 2.20 bits per heavy atom. The monoisotopic (exact) mass is 93.0 g/mol. The predicted molar refractivity (Wildman–Crippen MR) is 20.4 cm³/mol. The molecular weight excluding hydrogens is 90.5 g/mol. The normalized spacial score (nSPS) is 8.60. The fourth-order valence-corrected chi connectivity index (χ4v) is 0. The molecule has 0 aliphatic carbocycles. The van der Waals surface area contributed by atoms with E-state index in [0.717, 1.165) is 6.08 Å². The SMILES string of the molecule is C=C[C](F)Cl. The van der Waals surface area contributed by atoms with Crippen LogP contribution in [0.2, 0.25) is 0 Å². The smallest absolute Gasteiger partial charge is 0.216 e. The topological polar surface area (TPSA) is 0 Å². The van der Waals surface area contributed by atoms with Crippen molar-refractivity contribution in [2.75, 3.05) is 0 Å². The van der Waals surface area contributed by atoms with Gasteiger partial charge in [-0.2, -0.15) is 0 Å². The van der Waals surface area contributed by atoms with Crippen LogP contribution in [0.15, 0.2) is 12.7 Å². The second-order valence-corrected chi connectivity index (χ2v) is 0.855. The van der Waals surface area contributed by atoms with Gasteiger partial charge in [0.05, 0.1) is 0 Å². The van der Waals surface area contributed by atoms with Gasteiger partial charge in [0.1, 0.15) is 0 Å². The molecule has 0 N–H and O–H groups in total. The largest absolute Gasteiger partial charge is 0.253 e. The van der Waals surface area contributed by atoms with E-state index >= 15 is 0 Å². The Bertz CT molecular complexity index is 33.9. The van der Waals surface area contributed by atoms with Crippen molar-refractivity contribution in [1.82, 2.24) is 0 Å². The minimum Gasteiger partial charge on any atom is -0.216 e. The summed E-state index contributed by atoms with van der Waals surface area (Å²) in [5.74, 6) is 0. The molecule has 0 saturated heterocycles. The second kappa shape index (κ2) is 2.21. The minimum absolute atomic E-state index is 0.759. The number of halogens is 2. The molecule has 0 aromatic rings. The molecule has 29 valence electrons. The molecule has 0 aromatic carbocycles. The van der Waals surface area contributed by atoms with Gasteiger partial charge in [0, 0.05) is 0 Å². The molecule has 0 heterocycles. The quantitative estimate of drug-likeness (QED) is 0.464. The van der Waals surface area contributed by atoms with Gasteiger partial charge in [0.25, 0.3) is 5.63 Å². The van der Waals surface area contributed by atoms with Gasteiger partial charge in [-0.15, -0.1) is 0 Å². The van der Waals surface area contributed by atoms with E-state index in [4.69, 9.17) is 0 Å². The number of rotatable bonds is 1. The summed E-state index contributed by atoms with van der Waals surface area (Å²) < 4.78 is 11.0. The van der Waals surface area contributed by atoms with Crippen LogP contribution in [0.1, 0.15) is 0 Å². The zero-order valence-electron chi connectivity index (χ0n) is 2.54. The van der Waals surface area contributed by atoms with Gasteiger partial charge in [0.15, 0.2) is 0 Å². The number of allylic oxidation sites excluding steroid dienone is 1. The lowest BCUT2D eigenvalue weighted by molar-refractivity contribution is 0.623. The van der Waals surface area contributed by atoms with Crippen LogP contribution in [0, 0.1) is 5.63 Å². The van der Waals surface area contributed by atoms with Crippen LogP contribution >= 0.6 is 11.6 Å². The summed E-state index contributed by atoms with van der Waals surface area (Å²) in [5, 5.41) is 0. The van der Waals surface area contributed by atoms with E-state index in [1.54, 1.807) is 0 Å². The summed E-state index contributed by atoms with van der Waals surface area (Å²) in [6, 6.07) is 0. The Labute approximate surface area is 35.2 Å². The molecule has 0 aromatic heterocycles. The van der Waals surface area contributed by atoms with Crippen LogP contribution in [0.3, 0.4) is 0 Å². The summed E-state index contributed by atoms with van der Waals surface area (Å²) in [6.07, 6.45) is 0.932. The van der Waals surface area contributed by atoms with Crippen molar-refractivity contribution in [2.45, 2.75) is 0 Å². The fourth-order valence-electron chi connectivity index (χ4n) is 0. The third-order valence-electron chi connectivity index (χ3n) is 0.154. The molecule has 5 heavy (non-hydrogen) atoms. The Morgan fingerprint density at radius 1 is 2.00 bits per heavy atom. The fraction of sp³-hybridized carbons (Fsp3) is 0. The van der Waals surface area contributed by atoms with Gasteiger partial charge in [0.2, 0.25) is 0 Å². The van der Waals surface area contributed by atoms with Gasteiger partial charge < -0.3 is 0 Å². The molecule has 0 aliphatic rings. The zero-order valence-corrected chi connectivity index (χ0v) is 3.30. The molecule has 0 fully saturated rings. The first kappa shape index (κ1) is 4.96. The van der Waals surface area contributed by atoms with E-state index in [-0.39, 0.29) is 0 Å². The molecule has 0 spiro atoms. The molecule has 0 saturated carbocycles. The van der Waals surface area contributed by atoms with E-state index in [1.165, 1.54) is 0 Å². The molecule has 0 aliphatic heterocycles. The highest BCUT2D eigenvalue weighted by Crippen LogP contribution is 2.05. The first-order valence-electron chi connectivity index (χ1n) is 1.07. The summed E-state index contributed by atoms with van der Waals surface area (Å²) in [7, 11) is 0. The minimum atomic E-state index is -0.759. The first-order chi connectivity index (χ1) is 2.27. The highest BCUT2D eigenvalue weighted by Gasteiger charge is 1.86. The average molecular weight is 93.5 g/mol. The van der Waals surface area contributed by atoms with Crippen molar-refractivity contribution in [3.63, 3.8) is 0 Å². The van der Waals surface area contributed by atoms with Crippen LogP contribution in [0.25, 0.3) is 0 Å². The van der Waals surface area contributed by atoms with E-state index in [1.807, 2.05) is 0 Å². The molecule has 0 unspecified atom stereocenters. The summed E-state index contributed by atoms with van der Waals surface area (Å²) >= 11 is 4.59. The lowest BCUT2D eigenvalue weighted by Crippen LogP contribution is -1.56. The molecule has 0 bridgehead atoms. The van der Waals surface area contributed by atoms with Crippen molar-refractivity contribution in [2.24, 2.45) is 0 Å². The predicted octanol–water partition coefficient (Wildman–Crippen LogP) is 1.87. The number of hydrogen-bond donors (Lipinski definition) is 0. The lowest BCUT2D eigenvalue weighted by Gasteiger charge is -1.73. The third-order valence-corrected chi connectivity index (χ3v) is 0.309. The Kier molecular flexibility index (Phi) is 2.19. The summed E-state index contributed by atoms with van der Waals surface area (Å²) in [6.45, 7) is 3.02. The van der Waals surface area contributed by atoms with Crippen LogP contribution in [0.5, 0.6) is 0 Å². The Balaban J connectivity index is 2.83. The van der Waals surface area contributed by atoms with Crippen molar-refractivity contribution in [1.29, 1.82) is 0 Å². The highest BCUT2D eigenvalue weighted by atomic mass is 35.5.